The summed E-state index contributed by atoms with van der Waals surface area (Å²) in [5.41, 5.74) is 0.757. The highest BCUT2D eigenvalue weighted by Crippen LogP contribution is 2.33. The van der Waals surface area contributed by atoms with Gasteiger partial charge < -0.3 is 14.8 Å². The van der Waals surface area contributed by atoms with Crippen molar-refractivity contribution in [1.29, 1.82) is 0 Å². The third-order valence-corrected chi connectivity index (χ3v) is 3.26. The van der Waals surface area contributed by atoms with Gasteiger partial charge >= 0.3 is 5.97 Å². The lowest BCUT2D eigenvalue weighted by atomic mass is 9.97. The van der Waals surface area contributed by atoms with Gasteiger partial charge in [-0.3, -0.25) is 9.59 Å². The number of hydrogen-bond donors (Lipinski definition) is 2. The molecule has 0 saturated carbocycles. The Balaban J connectivity index is 2.52. The number of carbonyl (C=O) groups excluding carboxylic acids is 1. The summed E-state index contributed by atoms with van der Waals surface area (Å²) in [5.74, 6) is -1.56. The molecule has 1 aromatic carbocycles. The molecule has 110 valence electrons. The average Bonchev–Trinajstić information content (AvgIpc) is 2.48. The SMILES string of the molecule is CCOC(=O)C(C)c1c(O)c(-c2ccccc2)c[nH]c1=O. The molecule has 0 fully saturated rings. The number of aromatic amines is 1. The molecule has 5 nitrogen and oxygen atoms in total. The van der Waals surface area contributed by atoms with Crippen molar-refractivity contribution in [2.24, 2.45) is 0 Å². The zero-order chi connectivity index (χ0) is 15.4. The lowest BCUT2D eigenvalue weighted by Crippen LogP contribution is -2.22. The fourth-order valence-corrected chi connectivity index (χ4v) is 2.16. The van der Waals surface area contributed by atoms with E-state index in [0.29, 0.717) is 5.56 Å². The Bertz CT molecular complexity index is 691. The van der Waals surface area contributed by atoms with Crippen molar-refractivity contribution in [2.75, 3.05) is 6.61 Å². The van der Waals surface area contributed by atoms with Crippen LogP contribution < -0.4 is 5.56 Å². The van der Waals surface area contributed by atoms with E-state index in [1.807, 2.05) is 30.3 Å². The monoisotopic (exact) mass is 287 g/mol. The first-order chi connectivity index (χ1) is 10.1. The van der Waals surface area contributed by atoms with Crippen LogP contribution in [0.2, 0.25) is 0 Å². The van der Waals surface area contributed by atoms with E-state index in [0.717, 1.165) is 5.56 Å². The predicted octanol–water partition coefficient (Wildman–Crippen LogP) is 2.41. The zero-order valence-corrected chi connectivity index (χ0v) is 11.9. The second-order valence-corrected chi connectivity index (χ2v) is 4.63. The largest absolute Gasteiger partial charge is 0.507 e. The van der Waals surface area contributed by atoms with Gasteiger partial charge in [0.25, 0.3) is 5.56 Å². The fourth-order valence-electron chi connectivity index (χ4n) is 2.16. The van der Waals surface area contributed by atoms with Crippen molar-refractivity contribution in [3.05, 3.63) is 52.4 Å². The Hall–Kier alpha value is -2.56. The molecule has 0 saturated heterocycles. The average molecular weight is 287 g/mol. The Morgan fingerprint density at radius 2 is 2.00 bits per heavy atom. The van der Waals surface area contributed by atoms with Crippen LogP contribution in [0.1, 0.15) is 25.3 Å². The van der Waals surface area contributed by atoms with E-state index in [1.54, 1.807) is 6.92 Å². The molecule has 1 atom stereocenters. The summed E-state index contributed by atoms with van der Waals surface area (Å²) in [6.07, 6.45) is 1.44. The van der Waals surface area contributed by atoms with Crippen LogP contribution in [0.3, 0.4) is 0 Å². The normalized spacial score (nSPS) is 11.9. The van der Waals surface area contributed by atoms with Crippen LogP contribution in [-0.2, 0) is 9.53 Å². The number of H-pyrrole nitrogens is 1. The number of hydrogen-bond acceptors (Lipinski definition) is 4. The maximum Gasteiger partial charge on any atom is 0.313 e. The van der Waals surface area contributed by atoms with Gasteiger partial charge in [-0.1, -0.05) is 30.3 Å². The van der Waals surface area contributed by atoms with E-state index in [9.17, 15) is 14.7 Å². The molecule has 0 aliphatic carbocycles. The molecule has 0 radical (unpaired) electrons. The number of rotatable bonds is 4. The highest BCUT2D eigenvalue weighted by molar-refractivity contribution is 5.81. The number of benzene rings is 1. The summed E-state index contributed by atoms with van der Waals surface area (Å²) in [6, 6.07) is 9.13. The van der Waals surface area contributed by atoms with Crippen LogP contribution in [-0.4, -0.2) is 22.7 Å². The molecule has 5 heteroatoms. The third-order valence-electron chi connectivity index (χ3n) is 3.26. The van der Waals surface area contributed by atoms with Crippen LogP contribution in [0.5, 0.6) is 5.75 Å². The number of ether oxygens (including phenoxy) is 1. The molecular weight excluding hydrogens is 270 g/mol. The topological polar surface area (TPSA) is 79.4 Å². The van der Waals surface area contributed by atoms with Crippen molar-refractivity contribution in [3.63, 3.8) is 0 Å². The lowest BCUT2D eigenvalue weighted by molar-refractivity contribution is -0.144. The first-order valence-electron chi connectivity index (χ1n) is 6.72. The number of nitrogens with one attached hydrogen (secondary N) is 1. The van der Waals surface area contributed by atoms with E-state index < -0.39 is 17.4 Å². The molecule has 0 aliphatic heterocycles. The van der Waals surface area contributed by atoms with Crippen molar-refractivity contribution >= 4 is 5.97 Å². The number of aromatic nitrogens is 1. The quantitative estimate of drug-likeness (QED) is 0.846. The van der Waals surface area contributed by atoms with Gasteiger partial charge in [0.05, 0.1) is 18.1 Å². The molecule has 1 aromatic heterocycles. The Morgan fingerprint density at radius 1 is 1.33 bits per heavy atom. The second kappa shape index (κ2) is 6.26. The lowest BCUT2D eigenvalue weighted by Gasteiger charge is -2.14. The fraction of sp³-hybridized carbons (Fsp3) is 0.250. The zero-order valence-electron chi connectivity index (χ0n) is 11.9. The van der Waals surface area contributed by atoms with Gasteiger partial charge in [-0.05, 0) is 19.4 Å². The molecule has 0 amide bonds. The Morgan fingerprint density at radius 3 is 2.62 bits per heavy atom. The summed E-state index contributed by atoms with van der Waals surface area (Å²) in [5, 5.41) is 10.4. The van der Waals surface area contributed by atoms with E-state index in [1.165, 1.54) is 13.1 Å². The summed E-state index contributed by atoms with van der Waals surface area (Å²) >= 11 is 0. The second-order valence-electron chi connectivity index (χ2n) is 4.63. The minimum absolute atomic E-state index is 0.0230. The highest BCUT2D eigenvalue weighted by Gasteiger charge is 2.25. The molecule has 1 unspecified atom stereocenters. The molecule has 1 heterocycles. The molecule has 2 rings (SSSR count). The van der Waals surface area contributed by atoms with Gasteiger partial charge in [0.1, 0.15) is 5.75 Å². The van der Waals surface area contributed by atoms with Gasteiger partial charge in [0.15, 0.2) is 0 Å². The maximum absolute atomic E-state index is 12.0. The molecule has 21 heavy (non-hydrogen) atoms. The summed E-state index contributed by atoms with van der Waals surface area (Å²) < 4.78 is 4.91. The molecule has 2 N–H and O–H groups in total. The highest BCUT2D eigenvalue weighted by atomic mass is 16.5. The van der Waals surface area contributed by atoms with Crippen LogP contribution in [0.25, 0.3) is 11.1 Å². The van der Waals surface area contributed by atoms with Crippen molar-refractivity contribution in [3.8, 4) is 16.9 Å². The van der Waals surface area contributed by atoms with Gasteiger partial charge in [-0.25, -0.2) is 0 Å². The van der Waals surface area contributed by atoms with E-state index in [2.05, 4.69) is 4.98 Å². The predicted molar refractivity (Wildman–Crippen MR) is 79.2 cm³/mol. The summed E-state index contributed by atoms with van der Waals surface area (Å²) in [6.45, 7) is 3.45. The van der Waals surface area contributed by atoms with Crippen molar-refractivity contribution in [1.82, 2.24) is 4.98 Å². The van der Waals surface area contributed by atoms with Gasteiger partial charge in [-0.15, -0.1) is 0 Å². The summed E-state index contributed by atoms with van der Waals surface area (Å²) in [7, 11) is 0. The first kappa shape index (κ1) is 14.8. The number of aromatic hydroxyl groups is 1. The smallest absolute Gasteiger partial charge is 0.313 e. The number of esters is 1. The standard InChI is InChI=1S/C16H17NO4/c1-3-21-16(20)10(2)13-14(18)12(9-17-15(13)19)11-7-5-4-6-8-11/h4-10H,3H2,1-2H3,(H2,17,18,19). The molecule has 0 bridgehead atoms. The van der Waals surface area contributed by atoms with Gasteiger partial charge in [0, 0.05) is 11.8 Å². The van der Waals surface area contributed by atoms with Crippen molar-refractivity contribution < 1.29 is 14.6 Å². The third kappa shape index (κ3) is 2.97. The van der Waals surface area contributed by atoms with Crippen LogP contribution >= 0.6 is 0 Å². The maximum atomic E-state index is 12.0. The van der Waals surface area contributed by atoms with Crippen LogP contribution in [0.4, 0.5) is 0 Å². The Labute approximate surface area is 122 Å². The summed E-state index contributed by atoms with van der Waals surface area (Å²) in [4.78, 5) is 26.3. The Kier molecular flexibility index (Phi) is 4.42. The van der Waals surface area contributed by atoms with E-state index in [-0.39, 0.29) is 17.9 Å². The van der Waals surface area contributed by atoms with Crippen LogP contribution in [0.15, 0.2) is 41.3 Å². The molecule has 0 spiro atoms. The first-order valence-corrected chi connectivity index (χ1v) is 6.72. The van der Waals surface area contributed by atoms with E-state index >= 15 is 0 Å². The van der Waals surface area contributed by atoms with Gasteiger partial charge in [0.2, 0.25) is 0 Å². The number of carbonyl (C=O) groups is 1. The molecule has 0 aliphatic rings. The minimum Gasteiger partial charge on any atom is -0.507 e. The van der Waals surface area contributed by atoms with Crippen molar-refractivity contribution in [2.45, 2.75) is 19.8 Å². The van der Waals surface area contributed by atoms with Crippen LogP contribution in [0, 0.1) is 0 Å². The number of pyridine rings is 1. The van der Waals surface area contributed by atoms with Gasteiger partial charge in [-0.2, -0.15) is 0 Å². The van der Waals surface area contributed by atoms with E-state index in [4.69, 9.17) is 4.74 Å². The molecular formula is C16H17NO4. The minimum atomic E-state index is -0.836. The molecule has 2 aromatic rings.